The lowest BCUT2D eigenvalue weighted by Crippen LogP contribution is -2.29. The Kier molecular flexibility index (Phi) is 4.54. The van der Waals surface area contributed by atoms with Crippen LogP contribution >= 0.6 is 0 Å². The van der Waals surface area contributed by atoms with Crippen molar-refractivity contribution in [3.05, 3.63) is 36.2 Å². The molecule has 0 radical (unpaired) electrons. The number of benzene rings is 1. The van der Waals surface area contributed by atoms with E-state index in [4.69, 9.17) is 0 Å². The number of nitrogens with one attached hydrogen (secondary N) is 2. The second-order valence-electron chi connectivity index (χ2n) is 5.21. The molecule has 1 fully saturated rings. The number of amides is 2. The highest BCUT2D eigenvalue weighted by Gasteiger charge is 2.26. The molecule has 1 aromatic carbocycles. The molecule has 2 aromatic rings. The standard InChI is InChI=1S/C14H14F3N5O2/c15-8-1-4-10(11(5-8)24-13(16)17)20-14(23)18-6-12-21-19-7-22(12)9-2-3-9/h1,4-5,7,9,13H,2-3,6H2,(H2,18,20,23). The van der Waals surface area contributed by atoms with Crippen LogP contribution in [-0.4, -0.2) is 27.4 Å². The van der Waals surface area contributed by atoms with Gasteiger partial charge in [0.1, 0.15) is 12.1 Å². The molecule has 0 spiro atoms. The predicted molar refractivity (Wildman–Crippen MR) is 77.2 cm³/mol. The topological polar surface area (TPSA) is 81.1 Å². The Balaban J connectivity index is 1.61. The molecule has 1 aliphatic rings. The van der Waals surface area contributed by atoms with E-state index < -0.39 is 24.2 Å². The van der Waals surface area contributed by atoms with E-state index in [1.807, 2.05) is 4.57 Å². The van der Waals surface area contributed by atoms with E-state index >= 15 is 0 Å². The minimum Gasteiger partial charge on any atom is -0.432 e. The van der Waals surface area contributed by atoms with Crippen LogP contribution in [0.25, 0.3) is 0 Å². The first-order valence-corrected chi connectivity index (χ1v) is 7.20. The molecule has 128 valence electrons. The molecule has 0 aliphatic heterocycles. The van der Waals surface area contributed by atoms with Crippen LogP contribution in [0.3, 0.4) is 0 Å². The number of urea groups is 1. The first kappa shape index (κ1) is 16.1. The Hall–Kier alpha value is -2.78. The van der Waals surface area contributed by atoms with Crippen molar-refractivity contribution in [2.75, 3.05) is 5.32 Å². The van der Waals surface area contributed by atoms with Crippen LogP contribution in [0, 0.1) is 5.82 Å². The highest BCUT2D eigenvalue weighted by molar-refractivity contribution is 5.90. The number of carbonyl (C=O) groups is 1. The van der Waals surface area contributed by atoms with Crippen LogP contribution in [-0.2, 0) is 6.54 Å². The first-order valence-electron chi connectivity index (χ1n) is 7.20. The average Bonchev–Trinajstić information content (AvgIpc) is 3.26. The van der Waals surface area contributed by atoms with Gasteiger partial charge in [-0.1, -0.05) is 0 Å². The first-order chi connectivity index (χ1) is 11.5. The fourth-order valence-electron chi connectivity index (χ4n) is 2.17. The Labute approximate surface area is 134 Å². The van der Waals surface area contributed by atoms with Crippen molar-refractivity contribution in [3.8, 4) is 5.75 Å². The Bertz CT molecular complexity index is 733. The third kappa shape index (κ3) is 3.94. The maximum atomic E-state index is 13.1. The lowest BCUT2D eigenvalue weighted by molar-refractivity contribution is -0.0495. The van der Waals surface area contributed by atoms with E-state index in [-0.39, 0.29) is 12.2 Å². The monoisotopic (exact) mass is 341 g/mol. The summed E-state index contributed by atoms with van der Waals surface area (Å²) in [5.74, 6) is -0.619. The molecule has 2 N–H and O–H groups in total. The lowest BCUT2D eigenvalue weighted by Gasteiger charge is -2.12. The lowest BCUT2D eigenvalue weighted by atomic mass is 10.3. The van der Waals surface area contributed by atoms with Gasteiger partial charge in [0.15, 0.2) is 11.6 Å². The summed E-state index contributed by atoms with van der Waals surface area (Å²) in [5.41, 5.74) is -0.0714. The van der Waals surface area contributed by atoms with Crippen molar-refractivity contribution >= 4 is 11.7 Å². The molecule has 1 aromatic heterocycles. The molecule has 24 heavy (non-hydrogen) atoms. The molecule has 0 saturated heterocycles. The van der Waals surface area contributed by atoms with Crippen LogP contribution in [0.4, 0.5) is 23.7 Å². The molecule has 3 rings (SSSR count). The second kappa shape index (κ2) is 6.77. The van der Waals surface area contributed by atoms with Crippen molar-refractivity contribution < 1.29 is 22.7 Å². The van der Waals surface area contributed by atoms with E-state index in [0.717, 1.165) is 31.0 Å². The third-order valence-corrected chi connectivity index (χ3v) is 3.40. The van der Waals surface area contributed by atoms with Crippen LogP contribution in [0.1, 0.15) is 24.7 Å². The molecular weight excluding hydrogens is 327 g/mol. The van der Waals surface area contributed by atoms with E-state index in [1.54, 1.807) is 6.33 Å². The highest BCUT2D eigenvalue weighted by Crippen LogP contribution is 2.35. The predicted octanol–water partition coefficient (Wildman–Crippen LogP) is 2.68. The molecule has 1 heterocycles. The molecule has 0 bridgehead atoms. The number of anilines is 1. The number of ether oxygens (including phenoxy) is 1. The van der Waals surface area contributed by atoms with Gasteiger partial charge in [-0.2, -0.15) is 8.78 Å². The maximum Gasteiger partial charge on any atom is 0.387 e. The number of carbonyl (C=O) groups excluding carboxylic acids is 1. The molecule has 1 aliphatic carbocycles. The number of alkyl halides is 2. The van der Waals surface area contributed by atoms with Crippen LogP contribution in [0.5, 0.6) is 5.75 Å². The number of aromatic nitrogens is 3. The summed E-state index contributed by atoms with van der Waals surface area (Å²) in [6.45, 7) is -3.01. The van der Waals surface area contributed by atoms with Gasteiger partial charge in [-0.3, -0.25) is 0 Å². The van der Waals surface area contributed by atoms with E-state index in [1.165, 1.54) is 0 Å². The summed E-state index contributed by atoms with van der Waals surface area (Å²) < 4.78 is 43.9. The maximum absolute atomic E-state index is 13.1. The van der Waals surface area contributed by atoms with Gasteiger partial charge in [-0.25, -0.2) is 9.18 Å². The number of halogens is 3. The number of hydrogen-bond donors (Lipinski definition) is 2. The second-order valence-corrected chi connectivity index (χ2v) is 5.21. The van der Waals surface area contributed by atoms with Gasteiger partial charge in [0, 0.05) is 12.1 Å². The number of hydrogen-bond acceptors (Lipinski definition) is 4. The largest absolute Gasteiger partial charge is 0.432 e. The van der Waals surface area contributed by atoms with E-state index in [9.17, 15) is 18.0 Å². The SMILES string of the molecule is O=C(NCc1nncn1C1CC1)Nc1ccc(F)cc1OC(F)F. The molecule has 7 nitrogen and oxygen atoms in total. The summed E-state index contributed by atoms with van der Waals surface area (Å²) in [5, 5.41) is 12.6. The molecule has 1 saturated carbocycles. The van der Waals surface area contributed by atoms with Gasteiger partial charge in [0.05, 0.1) is 12.2 Å². The third-order valence-electron chi connectivity index (χ3n) is 3.40. The quantitative estimate of drug-likeness (QED) is 0.846. The van der Waals surface area contributed by atoms with Gasteiger partial charge in [0.2, 0.25) is 0 Å². The fourth-order valence-corrected chi connectivity index (χ4v) is 2.17. The Morgan fingerprint density at radius 3 is 2.92 bits per heavy atom. The molecule has 0 atom stereocenters. The summed E-state index contributed by atoms with van der Waals surface area (Å²) in [6, 6.07) is 2.64. The zero-order valence-corrected chi connectivity index (χ0v) is 12.4. The van der Waals surface area contributed by atoms with Crippen molar-refractivity contribution in [3.63, 3.8) is 0 Å². The zero-order chi connectivity index (χ0) is 17.1. The van der Waals surface area contributed by atoms with Crippen molar-refractivity contribution in [2.24, 2.45) is 0 Å². The van der Waals surface area contributed by atoms with Gasteiger partial charge in [-0.15, -0.1) is 10.2 Å². The Morgan fingerprint density at radius 1 is 1.42 bits per heavy atom. The normalized spacial score (nSPS) is 13.8. The molecule has 2 amide bonds. The summed E-state index contributed by atoms with van der Waals surface area (Å²) in [4.78, 5) is 11.9. The van der Waals surface area contributed by atoms with Crippen LogP contribution in [0.2, 0.25) is 0 Å². The van der Waals surface area contributed by atoms with Crippen molar-refractivity contribution in [2.45, 2.75) is 32.0 Å². The highest BCUT2D eigenvalue weighted by atomic mass is 19.3. The summed E-state index contributed by atoms with van der Waals surface area (Å²) >= 11 is 0. The van der Waals surface area contributed by atoms with E-state index in [2.05, 4.69) is 25.6 Å². The van der Waals surface area contributed by atoms with Crippen molar-refractivity contribution in [1.29, 1.82) is 0 Å². The smallest absolute Gasteiger partial charge is 0.387 e. The number of nitrogens with zero attached hydrogens (tertiary/aromatic N) is 3. The van der Waals surface area contributed by atoms with Gasteiger partial charge < -0.3 is 19.9 Å². The Morgan fingerprint density at radius 2 is 2.21 bits per heavy atom. The molecule has 0 unspecified atom stereocenters. The number of rotatable bonds is 6. The van der Waals surface area contributed by atoms with Gasteiger partial charge in [-0.05, 0) is 25.0 Å². The summed E-state index contributed by atoms with van der Waals surface area (Å²) in [7, 11) is 0. The average molecular weight is 341 g/mol. The molecule has 10 heteroatoms. The zero-order valence-electron chi connectivity index (χ0n) is 12.4. The molecular formula is C14H14F3N5O2. The minimum absolute atomic E-state index is 0.0714. The minimum atomic E-state index is -3.13. The van der Waals surface area contributed by atoms with Crippen LogP contribution < -0.4 is 15.4 Å². The fraction of sp³-hybridized carbons (Fsp3) is 0.357. The van der Waals surface area contributed by atoms with Gasteiger partial charge >= 0.3 is 12.6 Å². The van der Waals surface area contributed by atoms with E-state index in [0.29, 0.717) is 11.9 Å². The van der Waals surface area contributed by atoms with Crippen molar-refractivity contribution in [1.82, 2.24) is 20.1 Å². The summed E-state index contributed by atoms with van der Waals surface area (Å²) in [6.07, 6.45) is 3.68. The van der Waals surface area contributed by atoms with Gasteiger partial charge in [0.25, 0.3) is 0 Å². The van der Waals surface area contributed by atoms with Crippen LogP contribution in [0.15, 0.2) is 24.5 Å².